The highest BCUT2D eigenvalue weighted by Gasteiger charge is 2.25. The van der Waals surface area contributed by atoms with Crippen LogP contribution in [0.5, 0.6) is 0 Å². The molecule has 1 amide bonds. The van der Waals surface area contributed by atoms with Crippen molar-refractivity contribution in [2.75, 3.05) is 6.61 Å². The van der Waals surface area contributed by atoms with Gasteiger partial charge < -0.3 is 15.8 Å². The van der Waals surface area contributed by atoms with Crippen LogP contribution in [0.25, 0.3) is 0 Å². The molecule has 1 aliphatic rings. The second-order valence-electron chi connectivity index (χ2n) is 5.14. The average molecular weight is 262 g/mol. The normalized spacial score (nSPS) is 21.9. The summed E-state index contributed by atoms with van der Waals surface area (Å²) < 4.78 is 5.56. The number of benzene rings is 1. The summed E-state index contributed by atoms with van der Waals surface area (Å²) in [5.74, 6) is -0.105. The molecule has 1 aliphatic heterocycles. The number of nitrogens with two attached hydrogens (primary N) is 1. The van der Waals surface area contributed by atoms with Crippen LogP contribution < -0.4 is 11.1 Å². The molecule has 1 heterocycles. The Morgan fingerprint density at radius 2 is 2.21 bits per heavy atom. The van der Waals surface area contributed by atoms with Crippen LogP contribution in [0.1, 0.15) is 25.3 Å². The third-order valence-electron chi connectivity index (χ3n) is 3.53. The van der Waals surface area contributed by atoms with Crippen molar-refractivity contribution in [3.63, 3.8) is 0 Å². The summed E-state index contributed by atoms with van der Waals surface area (Å²) in [4.78, 5) is 12.0. The molecule has 1 fully saturated rings. The smallest absolute Gasteiger partial charge is 0.237 e. The van der Waals surface area contributed by atoms with E-state index in [0.29, 0.717) is 6.42 Å². The largest absolute Gasteiger partial charge is 0.376 e. The van der Waals surface area contributed by atoms with Crippen LogP contribution in [0, 0.1) is 0 Å². The van der Waals surface area contributed by atoms with Crippen LogP contribution in [0.3, 0.4) is 0 Å². The standard InChI is InChI=1S/C15H22N2O2/c1-11(14-8-5-9-19-14)17-15(18)13(16)10-12-6-3-2-4-7-12/h2-4,6-7,11,13-14H,5,8-10,16H2,1H3,(H,17,18). The van der Waals surface area contributed by atoms with Crippen LogP contribution in [0.2, 0.25) is 0 Å². The number of amides is 1. The van der Waals surface area contributed by atoms with Gasteiger partial charge >= 0.3 is 0 Å². The predicted molar refractivity (Wildman–Crippen MR) is 74.7 cm³/mol. The van der Waals surface area contributed by atoms with E-state index in [-0.39, 0.29) is 18.1 Å². The molecule has 0 aliphatic carbocycles. The molecule has 1 saturated heterocycles. The fraction of sp³-hybridized carbons (Fsp3) is 0.533. The van der Waals surface area contributed by atoms with E-state index in [1.807, 2.05) is 37.3 Å². The van der Waals surface area contributed by atoms with Crippen molar-refractivity contribution in [1.29, 1.82) is 0 Å². The summed E-state index contributed by atoms with van der Waals surface area (Å²) in [5.41, 5.74) is 7.02. The second-order valence-corrected chi connectivity index (χ2v) is 5.14. The first-order valence-corrected chi connectivity index (χ1v) is 6.88. The van der Waals surface area contributed by atoms with Crippen molar-refractivity contribution in [2.45, 2.75) is 44.4 Å². The zero-order chi connectivity index (χ0) is 13.7. The van der Waals surface area contributed by atoms with Crippen molar-refractivity contribution in [1.82, 2.24) is 5.32 Å². The Bertz CT molecular complexity index is 402. The maximum Gasteiger partial charge on any atom is 0.237 e. The van der Waals surface area contributed by atoms with E-state index in [2.05, 4.69) is 5.32 Å². The number of rotatable bonds is 5. The molecule has 0 bridgehead atoms. The predicted octanol–water partition coefficient (Wildman–Crippen LogP) is 1.24. The van der Waals surface area contributed by atoms with Gasteiger partial charge in [0, 0.05) is 6.61 Å². The summed E-state index contributed by atoms with van der Waals surface area (Å²) in [7, 11) is 0. The summed E-state index contributed by atoms with van der Waals surface area (Å²) in [6.45, 7) is 2.77. The number of carbonyl (C=O) groups is 1. The minimum Gasteiger partial charge on any atom is -0.376 e. The van der Waals surface area contributed by atoms with Crippen LogP contribution in [-0.4, -0.2) is 30.7 Å². The Hall–Kier alpha value is -1.39. The molecule has 19 heavy (non-hydrogen) atoms. The van der Waals surface area contributed by atoms with E-state index >= 15 is 0 Å². The van der Waals surface area contributed by atoms with Gasteiger partial charge in [-0.05, 0) is 31.7 Å². The van der Waals surface area contributed by atoms with E-state index in [4.69, 9.17) is 10.5 Å². The van der Waals surface area contributed by atoms with E-state index in [1.165, 1.54) is 0 Å². The van der Waals surface area contributed by atoms with Crippen molar-refractivity contribution in [3.05, 3.63) is 35.9 Å². The maximum atomic E-state index is 12.0. The van der Waals surface area contributed by atoms with Gasteiger partial charge in [0.15, 0.2) is 0 Å². The van der Waals surface area contributed by atoms with Gasteiger partial charge in [0.2, 0.25) is 5.91 Å². The third-order valence-corrected chi connectivity index (χ3v) is 3.53. The van der Waals surface area contributed by atoms with E-state index in [9.17, 15) is 4.79 Å². The second kappa shape index (κ2) is 6.68. The molecule has 4 heteroatoms. The number of nitrogens with one attached hydrogen (secondary N) is 1. The van der Waals surface area contributed by atoms with E-state index in [0.717, 1.165) is 25.0 Å². The highest BCUT2D eigenvalue weighted by Crippen LogP contribution is 2.15. The highest BCUT2D eigenvalue weighted by molar-refractivity contribution is 5.82. The summed E-state index contributed by atoms with van der Waals surface area (Å²) >= 11 is 0. The lowest BCUT2D eigenvalue weighted by atomic mass is 10.0. The first-order chi connectivity index (χ1) is 9.16. The van der Waals surface area contributed by atoms with E-state index in [1.54, 1.807) is 0 Å². The van der Waals surface area contributed by atoms with Crippen LogP contribution in [0.4, 0.5) is 0 Å². The molecule has 0 spiro atoms. The Morgan fingerprint density at radius 3 is 2.84 bits per heavy atom. The average Bonchev–Trinajstić information content (AvgIpc) is 2.93. The van der Waals surface area contributed by atoms with Gasteiger partial charge in [-0.1, -0.05) is 30.3 Å². The fourth-order valence-corrected chi connectivity index (χ4v) is 2.38. The van der Waals surface area contributed by atoms with Gasteiger partial charge in [0.1, 0.15) is 0 Å². The quantitative estimate of drug-likeness (QED) is 0.839. The highest BCUT2D eigenvalue weighted by atomic mass is 16.5. The minimum atomic E-state index is -0.508. The lowest BCUT2D eigenvalue weighted by Crippen LogP contribution is -2.49. The molecular formula is C15H22N2O2. The van der Waals surface area contributed by atoms with Gasteiger partial charge in [-0.2, -0.15) is 0 Å². The van der Waals surface area contributed by atoms with Gasteiger partial charge in [-0.15, -0.1) is 0 Å². The van der Waals surface area contributed by atoms with Gasteiger partial charge in [-0.3, -0.25) is 4.79 Å². The first kappa shape index (κ1) is 14.0. The summed E-state index contributed by atoms with van der Waals surface area (Å²) in [5, 5.41) is 2.95. The maximum absolute atomic E-state index is 12.0. The Morgan fingerprint density at radius 1 is 1.47 bits per heavy atom. The van der Waals surface area contributed by atoms with Crippen molar-refractivity contribution in [2.24, 2.45) is 5.73 Å². The zero-order valence-electron chi connectivity index (χ0n) is 11.3. The Kier molecular flexibility index (Phi) is 4.93. The Balaban J connectivity index is 1.82. The summed E-state index contributed by atoms with van der Waals surface area (Å²) in [6, 6.07) is 9.34. The molecule has 2 rings (SSSR count). The molecule has 3 N–H and O–H groups in total. The molecule has 1 aromatic carbocycles. The van der Waals surface area contributed by atoms with Gasteiger partial charge in [0.05, 0.1) is 18.2 Å². The number of ether oxygens (including phenoxy) is 1. The molecule has 3 unspecified atom stereocenters. The molecule has 3 atom stereocenters. The van der Waals surface area contributed by atoms with Crippen LogP contribution >= 0.6 is 0 Å². The Labute approximate surface area is 114 Å². The van der Waals surface area contributed by atoms with Crippen molar-refractivity contribution >= 4 is 5.91 Å². The lowest BCUT2D eigenvalue weighted by molar-refractivity contribution is -0.123. The fourth-order valence-electron chi connectivity index (χ4n) is 2.38. The topological polar surface area (TPSA) is 64.4 Å². The minimum absolute atomic E-state index is 0.0248. The molecular weight excluding hydrogens is 240 g/mol. The monoisotopic (exact) mass is 262 g/mol. The molecule has 0 aromatic heterocycles. The number of hydrogen-bond donors (Lipinski definition) is 2. The van der Waals surface area contributed by atoms with Crippen LogP contribution in [0.15, 0.2) is 30.3 Å². The molecule has 104 valence electrons. The molecule has 1 aromatic rings. The molecule has 0 saturated carbocycles. The van der Waals surface area contributed by atoms with Crippen LogP contribution in [-0.2, 0) is 16.0 Å². The van der Waals surface area contributed by atoms with Crippen molar-refractivity contribution < 1.29 is 9.53 Å². The zero-order valence-corrected chi connectivity index (χ0v) is 11.3. The number of carbonyl (C=O) groups excluding carboxylic acids is 1. The third kappa shape index (κ3) is 4.04. The van der Waals surface area contributed by atoms with Crippen molar-refractivity contribution in [3.8, 4) is 0 Å². The SMILES string of the molecule is CC(NC(=O)C(N)Cc1ccccc1)C1CCCO1. The lowest BCUT2D eigenvalue weighted by Gasteiger charge is -2.22. The molecule has 4 nitrogen and oxygen atoms in total. The summed E-state index contributed by atoms with van der Waals surface area (Å²) in [6.07, 6.45) is 2.77. The van der Waals surface area contributed by atoms with Gasteiger partial charge in [0.25, 0.3) is 0 Å². The first-order valence-electron chi connectivity index (χ1n) is 6.88. The van der Waals surface area contributed by atoms with Gasteiger partial charge in [-0.25, -0.2) is 0 Å². The molecule has 0 radical (unpaired) electrons. The van der Waals surface area contributed by atoms with E-state index < -0.39 is 6.04 Å². The number of hydrogen-bond acceptors (Lipinski definition) is 3.